The lowest BCUT2D eigenvalue weighted by atomic mass is 9.99. The van der Waals surface area contributed by atoms with Gasteiger partial charge in [-0.2, -0.15) is 0 Å². The van der Waals surface area contributed by atoms with Crippen molar-refractivity contribution in [3.63, 3.8) is 0 Å². The highest BCUT2D eigenvalue weighted by atomic mass is 19.1. The number of alkyl halides is 1. The summed E-state index contributed by atoms with van der Waals surface area (Å²) in [7, 11) is 0. The summed E-state index contributed by atoms with van der Waals surface area (Å²) in [5.41, 5.74) is 0. The normalized spacial score (nSPS) is 9.95. The summed E-state index contributed by atoms with van der Waals surface area (Å²) in [4.78, 5) is 10.6. The standard InChI is InChI=1S/C10H21NO.C4H6.C2H5F/c1-4-6-7-10(5-2)8-11-9(3)12;1-3-4-2;1-2-3/h10H,4-8H2,1-3H3,(H,11,12);3-4H,1-2H2;2H2,1H3. The molecule has 0 aromatic rings. The summed E-state index contributed by atoms with van der Waals surface area (Å²) < 4.78 is 10.3. The molecule has 1 unspecified atom stereocenters. The Kier molecular flexibility index (Phi) is 26.8. The first-order chi connectivity index (χ1) is 9.03. The van der Waals surface area contributed by atoms with Gasteiger partial charge in [-0.25, -0.2) is 0 Å². The molecule has 2 nitrogen and oxygen atoms in total. The molecular formula is C16H32FNO. The number of rotatable bonds is 7. The minimum absolute atomic E-state index is 0.0879. The maximum absolute atomic E-state index is 10.6. The Hall–Kier alpha value is -1.12. The quantitative estimate of drug-likeness (QED) is 0.671. The van der Waals surface area contributed by atoms with Crippen LogP contribution in [0.2, 0.25) is 0 Å². The summed E-state index contributed by atoms with van der Waals surface area (Å²) >= 11 is 0. The van der Waals surface area contributed by atoms with E-state index in [0.29, 0.717) is 5.92 Å². The van der Waals surface area contributed by atoms with Crippen molar-refractivity contribution in [1.29, 1.82) is 0 Å². The molecule has 0 radical (unpaired) electrons. The average Bonchev–Trinajstić information content (AvgIpc) is 2.40. The lowest BCUT2D eigenvalue weighted by Gasteiger charge is -2.13. The van der Waals surface area contributed by atoms with Gasteiger partial charge >= 0.3 is 0 Å². The van der Waals surface area contributed by atoms with Gasteiger partial charge in [0.25, 0.3) is 0 Å². The molecule has 3 heteroatoms. The largest absolute Gasteiger partial charge is 0.356 e. The number of hydrogen-bond donors (Lipinski definition) is 1. The molecule has 0 rings (SSSR count). The highest BCUT2D eigenvalue weighted by molar-refractivity contribution is 5.72. The second-order valence-corrected chi connectivity index (χ2v) is 4.09. The molecule has 0 saturated heterocycles. The Labute approximate surface area is 119 Å². The van der Waals surface area contributed by atoms with Gasteiger partial charge in [0, 0.05) is 13.5 Å². The predicted octanol–water partition coefficient (Wildman–Crippen LogP) is 4.67. The lowest BCUT2D eigenvalue weighted by molar-refractivity contribution is -0.119. The Morgan fingerprint density at radius 3 is 2.00 bits per heavy atom. The molecule has 1 N–H and O–H groups in total. The molecule has 0 aliphatic carbocycles. The van der Waals surface area contributed by atoms with Gasteiger partial charge in [-0.1, -0.05) is 58.4 Å². The fraction of sp³-hybridized carbons (Fsp3) is 0.688. The first kappa shape index (κ1) is 23.0. The molecule has 1 atom stereocenters. The molecule has 0 bridgehead atoms. The molecule has 0 aromatic carbocycles. The van der Waals surface area contributed by atoms with Crippen LogP contribution in [-0.2, 0) is 4.79 Å². The van der Waals surface area contributed by atoms with Crippen LogP contribution in [0.1, 0.15) is 53.4 Å². The van der Waals surface area contributed by atoms with E-state index in [-0.39, 0.29) is 12.6 Å². The monoisotopic (exact) mass is 273 g/mol. The second-order valence-electron chi connectivity index (χ2n) is 4.09. The number of nitrogens with one attached hydrogen (secondary N) is 1. The van der Waals surface area contributed by atoms with Crippen LogP contribution in [0.15, 0.2) is 25.3 Å². The molecule has 114 valence electrons. The van der Waals surface area contributed by atoms with Crippen LogP contribution in [0.4, 0.5) is 4.39 Å². The molecule has 0 saturated carbocycles. The number of unbranched alkanes of at least 4 members (excludes halogenated alkanes) is 1. The van der Waals surface area contributed by atoms with Gasteiger partial charge in [0.2, 0.25) is 5.91 Å². The van der Waals surface area contributed by atoms with Crippen molar-refractivity contribution in [3.05, 3.63) is 25.3 Å². The van der Waals surface area contributed by atoms with Crippen LogP contribution in [0, 0.1) is 5.92 Å². The van der Waals surface area contributed by atoms with Crippen molar-refractivity contribution in [2.75, 3.05) is 13.2 Å². The van der Waals surface area contributed by atoms with E-state index < -0.39 is 0 Å². The Bertz CT molecular complexity index is 199. The number of carbonyl (C=O) groups excluding carboxylic acids is 1. The summed E-state index contributed by atoms with van der Waals surface area (Å²) in [6.07, 6.45) is 8.21. The minimum Gasteiger partial charge on any atom is -0.356 e. The van der Waals surface area contributed by atoms with Gasteiger partial charge in [0.05, 0.1) is 6.67 Å². The van der Waals surface area contributed by atoms with E-state index in [9.17, 15) is 9.18 Å². The zero-order valence-corrected chi connectivity index (χ0v) is 13.2. The highest BCUT2D eigenvalue weighted by Crippen LogP contribution is 2.10. The van der Waals surface area contributed by atoms with Crippen LogP contribution >= 0.6 is 0 Å². The third-order valence-corrected chi connectivity index (χ3v) is 2.35. The Balaban J connectivity index is -0.000000303. The van der Waals surface area contributed by atoms with Gasteiger partial charge in [0.1, 0.15) is 0 Å². The van der Waals surface area contributed by atoms with E-state index in [1.807, 2.05) is 0 Å². The zero-order valence-electron chi connectivity index (χ0n) is 13.2. The van der Waals surface area contributed by atoms with Crippen molar-refractivity contribution < 1.29 is 9.18 Å². The number of hydrogen-bond acceptors (Lipinski definition) is 1. The number of amides is 1. The molecule has 1 amide bonds. The minimum atomic E-state index is -0.250. The maximum Gasteiger partial charge on any atom is 0.216 e. The van der Waals surface area contributed by atoms with Gasteiger partial charge < -0.3 is 5.32 Å². The van der Waals surface area contributed by atoms with Crippen LogP contribution in [-0.4, -0.2) is 19.1 Å². The van der Waals surface area contributed by atoms with Crippen molar-refractivity contribution in [2.24, 2.45) is 5.92 Å². The Morgan fingerprint density at radius 1 is 1.26 bits per heavy atom. The zero-order chi connectivity index (χ0) is 15.5. The molecule has 0 aliphatic heterocycles. The smallest absolute Gasteiger partial charge is 0.216 e. The maximum atomic E-state index is 10.6. The van der Waals surface area contributed by atoms with Crippen LogP contribution < -0.4 is 5.32 Å². The highest BCUT2D eigenvalue weighted by Gasteiger charge is 2.05. The van der Waals surface area contributed by atoms with Crippen LogP contribution in [0.3, 0.4) is 0 Å². The van der Waals surface area contributed by atoms with Gasteiger partial charge in [0.15, 0.2) is 0 Å². The van der Waals surface area contributed by atoms with E-state index in [0.717, 1.165) is 6.54 Å². The third-order valence-electron chi connectivity index (χ3n) is 2.35. The van der Waals surface area contributed by atoms with Gasteiger partial charge in [-0.15, -0.1) is 0 Å². The number of allylic oxidation sites excluding steroid dienone is 2. The van der Waals surface area contributed by atoms with Crippen molar-refractivity contribution >= 4 is 5.91 Å². The number of carbonyl (C=O) groups is 1. The van der Waals surface area contributed by atoms with E-state index in [1.54, 1.807) is 19.1 Å². The molecule has 0 aromatic heterocycles. The van der Waals surface area contributed by atoms with E-state index in [4.69, 9.17) is 0 Å². The molecule has 0 spiro atoms. The second kappa shape index (κ2) is 22.1. The SMILES string of the molecule is C=CC=C.CCCCC(CC)CNC(C)=O.CCF. The van der Waals surface area contributed by atoms with Crippen LogP contribution in [0.5, 0.6) is 0 Å². The molecule has 0 aliphatic rings. The molecule has 0 heterocycles. The fourth-order valence-electron chi connectivity index (χ4n) is 1.23. The lowest BCUT2D eigenvalue weighted by Crippen LogP contribution is -2.26. The number of halogens is 1. The van der Waals surface area contributed by atoms with Gasteiger partial charge in [-0.3, -0.25) is 9.18 Å². The molecule has 19 heavy (non-hydrogen) atoms. The first-order valence-corrected chi connectivity index (χ1v) is 7.07. The van der Waals surface area contributed by atoms with Crippen LogP contribution in [0.25, 0.3) is 0 Å². The summed E-state index contributed by atoms with van der Waals surface area (Å²) in [6, 6.07) is 0. The summed E-state index contributed by atoms with van der Waals surface area (Å²) in [5.74, 6) is 0.763. The van der Waals surface area contributed by atoms with E-state index in [1.165, 1.54) is 32.6 Å². The van der Waals surface area contributed by atoms with E-state index >= 15 is 0 Å². The first-order valence-electron chi connectivity index (χ1n) is 7.07. The summed E-state index contributed by atoms with van der Waals surface area (Å²) in [6.45, 7) is 14.7. The topological polar surface area (TPSA) is 29.1 Å². The van der Waals surface area contributed by atoms with Gasteiger partial charge in [-0.05, 0) is 19.3 Å². The van der Waals surface area contributed by atoms with Crippen molar-refractivity contribution in [1.82, 2.24) is 5.32 Å². The fourth-order valence-corrected chi connectivity index (χ4v) is 1.23. The summed E-state index contributed by atoms with van der Waals surface area (Å²) in [5, 5.41) is 2.87. The third kappa shape index (κ3) is 31.6. The average molecular weight is 273 g/mol. The predicted molar refractivity (Wildman–Crippen MR) is 84.0 cm³/mol. The Morgan fingerprint density at radius 2 is 1.74 bits per heavy atom. The van der Waals surface area contributed by atoms with Crippen molar-refractivity contribution in [3.8, 4) is 0 Å². The molecular weight excluding hydrogens is 241 g/mol. The van der Waals surface area contributed by atoms with Crippen molar-refractivity contribution in [2.45, 2.75) is 53.4 Å². The molecule has 0 fully saturated rings. The van der Waals surface area contributed by atoms with E-state index in [2.05, 4.69) is 32.3 Å².